The number of hydrogen-bond acceptors (Lipinski definition) is 3. The minimum Gasteiger partial charge on any atom is -0.483 e. The van der Waals surface area contributed by atoms with Crippen LogP contribution >= 0.6 is 27.5 Å². The van der Waals surface area contributed by atoms with Crippen LogP contribution in [-0.2, 0) is 16.1 Å². The Morgan fingerprint density at radius 1 is 1.06 bits per heavy atom. The molecule has 0 aromatic heterocycles. The first-order valence-electron chi connectivity index (χ1n) is 10.9. The minimum absolute atomic E-state index is 0.0158. The zero-order valence-corrected chi connectivity index (χ0v) is 21.3. The molecule has 0 unspecified atom stereocenters. The van der Waals surface area contributed by atoms with E-state index < -0.39 is 6.04 Å². The van der Waals surface area contributed by atoms with E-state index in [9.17, 15) is 9.59 Å². The summed E-state index contributed by atoms with van der Waals surface area (Å²) in [5.74, 6) is 0.0508. The second-order valence-corrected chi connectivity index (χ2v) is 9.19. The molecule has 2 atom stereocenters. The number of benzene rings is 3. The summed E-state index contributed by atoms with van der Waals surface area (Å²) in [6, 6.07) is 18.3. The Kier molecular flexibility index (Phi) is 8.75. The fourth-order valence-corrected chi connectivity index (χ4v) is 4.21. The van der Waals surface area contributed by atoms with Crippen molar-refractivity contribution in [1.82, 2.24) is 10.2 Å². The van der Waals surface area contributed by atoms with Gasteiger partial charge in [-0.05, 0) is 64.7 Å². The van der Waals surface area contributed by atoms with Crippen LogP contribution in [0.3, 0.4) is 0 Å². The highest BCUT2D eigenvalue weighted by atomic mass is 79.9. The van der Waals surface area contributed by atoms with Crippen LogP contribution in [0.5, 0.6) is 5.75 Å². The topological polar surface area (TPSA) is 58.6 Å². The van der Waals surface area contributed by atoms with Crippen LogP contribution in [0.2, 0.25) is 5.02 Å². The highest BCUT2D eigenvalue weighted by Gasteiger charge is 2.27. The molecular weight excluding hydrogens is 504 g/mol. The van der Waals surface area contributed by atoms with Crippen LogP contribution in [0.1, 0.15) is 32.8 Å². The summed E-state index contributed by atoms with van der Waals surface area (Å²) < 4.78 is 6.67. The van der Waals surface area contributed by atoms with E-state index in [1.807, 2.05) is 68.4 Å². The lowest BCUT2D eigenvalue weighted by Gasteiger charge is -2.30. The van der Waals surface area contributed by atoms with Gasteiger partial charge in [-0.25, -0.2) is 0 Å². The molecule has 1 N–H and O–H groups in total. The minimum atomic E-state index is -0.689. The van der Waals surface area contributed by atoms with Crippen LogP contribution in [0.4, 0.5) is 0 Å². The molecule has 0 fully saturated rings. The summed E-state index contributed by atoms with van der Waals surface area (Å²) in [5, 5.41) is 5.56. The van der Waals surface area contributed by atoms with Crippen molar-refractivity contribution >= 4 is 50.1 Å². The number of ether oxygens (including phenoxy) is 1. The lowest BCUT2D eigenvalue weighted by molar-refractivity contribution is -0.142. The van der Waals surface area contributed by atoms with Crippen LogP contribution in [0.25, 0.3) is 10.8 Å². The highest BCUT2D eigenvalue weighted by Crippen LogP contribution is 2.33. The van der Waals surface area contributed by atoms with E-state index in [1.165, 1.54) is 4.90 Å². The molecule has 7 heteroatoms. The number of amides is 2. The van der Waals surface area contributed by atoms with Gasteiger partial charge in [0.25, 0.3) is 5.91 Å². The second-order valence-electron chi connectivity index (χ2n) is 7.99. The molecule has 0 saturated carbocycles. The van der Waals surface area contributed by atoms with Gasteiger partial charge in [0, 0.05) is 17.6 Å². The van der Waals surface area contributed by atoms with E-state index >= 15 is 0 Å². The maximum Gasteiger partial charge on any atom is 0.261 e. The van der Waals surface area contributed by atoms with E-state index in [0.717, 1.165) is 27.2 Å². The number of halogens is 2. The largest absolute Gasteiger partial charge is 0.483 e. The van der Waals surface area contributed by atoms with Gasteiger partial charge in [-0.2, -0.15) is 0 Å². The third-order valence-electron chi connectivity index (χ3n) is 5.65. The fourth-order valence-electron chi connectivity index (χ4n) is 3.41. The van der Waals surface area contributed by atoms with Crippen LogP contribution < -0.4 is 10.1 Å². The number of carbonyl (C=O) groups excluding carboxylic acids is 2. The summed E-state index contributed by atoms with van der Waals surface area (Å²) in [6.45, 7) is 5.65. The average Bonchev–Trinajstić information content (AvgIpc) is 2.82. The van der Waals surface area contributed by atoms with Gasteiger partial charge >= 0.3 is 0 Å². The molecule has 2 amide bonds. The number of nitrogens with one attached hydrogen (secondary N) is 1. The summed E-state index contributed by atoms with van der Waals surface area (Å²) in [4.78, 5) is 27.6. The molecule has 3 aromatic rings. The molecule has 0 bridgehead atoms. The summed E-state index contributed by atoms with van der Waals surface area (Å²) in [7, 11) is 0. The third kappa shape index (κ3) is 6.27. The molecular formula is C26H28BrClN2O3. The van der Waals surface area contributed by atoms with Crippen molar-refractivity contribution in [3.05, 3.63) is 75.7 Å². The number of fused-ring (bicyclic) bond motifs is 1. The molecule has 0 heterocycles. The lowest BCUT2D eigenvalue weighted by atomic mass is 10.1. The van der Waals surface area contributed by atoms with Crippen LogP contribution in [0.15, 0.2) is 65.1 Å². The van der Waals surface area contributed by atoms with Crippen molar-refractivity contribution in [3.63, 3.8) is 0 Å². The molecule has 5 nitrogen and oxygen atoms in total. The van der Waals surface area contributed by atoms with Crippen molar-refractivity contribution in [2.75, 3.05) is 6.61 Å². The normalized spacial score (nSPS) is 12.8. The molecule has 33 heavy (non-hydrogen) atoms. The Balaban J connectivity index is 1.80. The quantitative estimate of drug-likeness (QED) is 0.370. The molecule has 0 spiro atoms. The fraction of sp³-hybridized carbons (Fsp3) is 0.308. The SMILES string of the molecule is CC[C@H](C)NC(=O)[C@@H](C)N(Cc1ccccc1Cl)C(=O)COc1ccc2ccccc2c1Br. The maximum atomic E-state index is 13.3. The number of hydrogen-bond donors (Lipinski definition) is 1. The third-order valence-corrected chi connectivity index (χ3v) is 6.83. The standard InChI is InChI=1S/C26H28BrClN2O3/c1-4-17(2)29-26(32)18(3)30(15-20-10-6-8-12-22(20)28)24(31)16-33-23-14-13-19-9-5-7-11-21(19)25(23)27/h5-14,17-18H,4,15-16H2,1-3H3,(H,29,32)/t17-,18+/m0/s1. The predicted molar refractivity (Wildman–Crippen MR) is 137 cm³/mol. The number of rotatable bonds is 9. The molecule has 3 aromatic carbocycles. The average molecular weight is 532 g/mol. The maximum absolute atomic E-state index is 13.3. The molecule has 0 saturated heterocycles. The Morgan fingerprint density at radius 2 is 1.76 bits per heavy atom. The zero-order chi connectivity index (χ0) is 24.0. The van der Waals surface area contributed by atoms with Crippen molar-refractivity contribution in [1.29, 1.82) is 0 Å². The van der Waals surface area contributed by atoms with E-state index in [0.29, 0.717) is 10.8 Å². The molecule has 3 rings (SSSR count). The van der Waals surface area contributed by atoms with E-state index in [2.05, 4.69) is 21.2 Å². The smallest absolute Gasteiger partial charge is 0.261 e. The summed E-state index contributed by atoms with van der Waals surface area (Å²) in [6.07, 6.45) is 0.802. The van der Waals surface area contributed by atoms with Crippen molar-refractivity contribution < 1.29 is 14.3 Å². The van der Waals surface area contributed by atoms with Gasteiger partial charge in [0.1, 0.15) is 11.8 Å². The van der Waals surface area contributed by atoms with Gasteiger partial charge in [-0.1, -0.05) is 67.1 Å². The first-order valence-corrected chi connectivity index (χ1v) is 12.1. The molecule has 174 valence electrons. The van der Waals surface area contributed by atoms with E-state index in [-0.39, 0.29) is 31.0 Å². The van der Waals surface area contributed by atoms with Gasteiger partial charge < -0.3 is 15.0 Å². The van der Waals surface area contributed by atoms with Crippen molar-refractivity contribution in [2.45, 2.75) is 45.8 Å². The number of nitrogens with zero attached hydrogens (tertiary/aromatic N) is 1. The van der Waals surface area contributed by atoms with E-state index in [1.54, 1.807) is 13.0 Å². The monoisotopic (exact) mass is 530 g/mol. The Bertz CT molecular complexity index is 1140. The number of carbonyl (C=O) groups is 2. The lowest BCUT2D eigenvalue weighted by Crippen LogP contribution is -2.50. The zero-order valence-electron chi connectivity index (χ0n) is 19.0. The molecule has 0 aliphatic heterocycles. The molecule has 0 radical (unpaired) electrons. The van der Waals surface area contributed by atoms with Crippen molar-refractivity contribution in [3.8, 4) is 5.75 Å². The second kappa shape index (κ2) is 11.5. The van der Waals surface area contributed by atoms with Gasteiger partial charge in [0.15, 0.2) is 6.61 Å². The van der Waals surface area contributed by atoms with Gasteiger partial charge in [-0.15, -0.1) is 0 Å². The Hall–Kier alpha value is -2.57. The Morgan fingerprint density at radius 3 is 2.48 bits per heavy atom. The first-order chi connectivity index (χ1) is 15.8. The molecule has 0 aliphatic rings. The predicted octanol–water partition coefficient (Wildman–Crippen LogP) is 5.97. The first kappa shape index (κ1) is 25.1. The van der Waals surface area contributed by atoms with E-state index in [4.69, 9.17) is 16.3 Å². The van der Waals surface area contributed by atoms with Gasteiger partial charge in [0.2, 0.25) is 5.91 Å². The van der Waals surface area contributed by atoms with Crippen LogP contribution in [0, 0.1) is 0 Å². The molecule has 0 aliphatic carbocycles. The van der Waals surface area contributed by atoms with Gasteiger partial charge in [0.05, 0.1) is 4.47 Å². The highest BCUT2D eigenvalue weighted by molar-refractivity contribution is 9.10. The Labute approximate surface area is 208 Å². The summed E-state index contributed by atoms with van der Waals surface area (Å²) >= 11 is 9.93. The summed E-state index contributed by atoms with van der Waals surface area (Å²) in [5.41, 5.74) is 0.766. The van der Waals surface area contributed by atoms with Crippen molar-refractivity contribution in [2.24, 2.45) is 0 Å². The van der Waals surface area contributed by atoms with Crippen LogP contribution in [-0.4, -0.2) is 35.4 Å². The van der Waals surface area contributed by atoms with Gasteiger partial charge in [-0.3, -0.25) is 9.59 Å².